The van der Waals surface area contributed by atoms with Gasteiger partial charge in [-0.1, -0.05) is 0 Å². The number of carbonyl (C=O) groups is 1. The second-order valence-corrected chi connectivity index (χ2v) is 6.32. The van der Waals surface area contributed by atoms with Crippen LogP contribution < -0.4 is 4.90 Å². The number of ether oxygens (including phenoxy) is 1. The zero-order chi connectivity index (χ0) is 17.7. The van der Waals surface area contributed by atoms with Gasteiger partial charge in [-0.2, -0.15) is 0 Å². The van der Waals surface area contributed by atoms with Crippen molar-refractivity contribution >= 4 is 22.7 Å². The van der Waals surface area contributed by atoms with Crippen molar-refractivity contribution in [1.29, 1.82) is 0 Å². The molecule has 0 atom stereocenters. The van der Waals surface area contributed by atoms with Crippen LogP contribution >= 0.6 is 0 Å². The van der Waals surface area contributed by atoms with E-state index in [1.807, 2.05) is 20.9 Å². The van der Waals surface area contributed by atoms with E-state index >= 15 is 0 Å². The van der Waals surface area contributed by atoms with E-state index in [4.69, 9.17) is 9.72 Å². The van der Waals surface area contributed by atoms with Gasteiger partial charge >= 0.3 is 5.97 Å². The number of fused-ring (bicyclic) bond motifs is 1. The molecule has 2 aromatic rings. The molecule has 0 amide bonds. The van der Waals surface area contributed by atoms with Gasteiger partial charge in [0.05, 0.1) is 17.1 Å². The molecule has 132 valence electrons. The minimum Gasteiger partial charge on any atom is -0.463 e. The van der Waals surface area contributed by atoms with Gasteiger partial charge in [0.1, 0.15) is 5.82 Å². The summed E-state index contributed by atoms with van der Waals surface area (Å²) in [5, 5.41) is 0. The first-order valence-electron chi connectivity index (χ1n) is 8.86. The maximum absolute atomic E-state index is 11.6. The Morgan fingerprint density at radius 1 is 1.29 bits per heavy atom. The number of hydrogen-bond donors (Lipinski definition) is 0. The second-order valence-electron chi connectivity index (χ2n) is 6.32. The summed E-state index contributed by atoms with van der Waals surface area (Å²) in [4.78, 5) is 18.7. The Morgan fingerprint density at radius 2 is 2.00 bits per heavy atom. The summed E-state index contributed by atoms with van der Waals surface area (Å²) in [5.41, 5.74) is 3.35. The minimum absolute atomic E-state index is 0.0493. The molecule has 0 unspecified atom stereocenters. The Balaban J connectivity index is 2.08. The molecular formula is C19H29N3O2. The number of aromatic nitrogens is 2. The second kappa shape index (κ2) is 8.18. The summed E-state index contributed by atoms with van der Waals surface area (Å²) < 4.78 is 7.29. The highest BCUT2D eigenvalue weighted by Crippen LogP contribution is 2.23. The van der Waals surface area contributed by atoms with Crippen LogP contribution in [0.25, 0.3) is 11.0 Å². The number of carbonyl (C=O) groups excluding carboxylic acids is 1. The van der Waals surface area contributed by atoms with Crippen LogP contribution in [0.4, 0.5) is 5.69 Å². The fourth-order valence-corrected chi connectivity index (χ4v) is 2.96. The van der Waals surface area contributed by atoms with Crippen molar-refractivity contribution in [3.8, 4) is 0 Å². The van der Waals surface area contributed by atoms with Gasteiger partial charge in [-0.25, -0.2) is 4.98 Å². The van der Waals surface area contributed by atoms with Gasteiger partial charge in [-0.05, 0) is 52.3 Å². The Hall–Kier alpha value is -2.04. The van der Waals surface area contributed by atoms with E-state index in [0.717, 1.165) is 42.8 Å². The molecule has 0 aliphatic heterocycles. The molecule has 1 aromatic heterocycles. The van der Waals surface area contributed by atoms with Gasteiger partial charge in [0, 0.05) is 38.7 Å². The van der Waals surface area contributed by atoms with Crippen molar-refractivity contribution in [3.63, 3.8) is 0 Å². The highest BCUT2D eigenvalue weighted by molar-refractivity contribution is 5.80. The molecule has 0 fully saturated rings. The van der Waals surface area contributed by atoms with Gasteiger partial charge in [-0.15, -0.1) is 0 Å². The normalized spacial score (nSPS) is 11.2. The van der Waals surface area contributed by atoms with Crippen molar-refractivity contribution in [2.45, 2.75) is 53.1 Å². The number of nitrogens with zero attached hydrogens (tertiary/aromatic N) is 3. The van der Waals surface area contributed by atoms with E-state index < -0.39 is 0 Å². The largest absolute Gasteiger partial charge is 0.463 e. The van der Waals surface area contributed by atoms with Gasteiger partial charge in [0.15, 0.2) is 0 Å². The van der Waals surface area contributed by atoms with Crippen molar-refractivity contribution < 1.29 is 9.53 Å². The fraction of sp³-hybridized carbons (Fsp3) is 0.579. The molecule has 0 aliphatic rings. The number of esters is 1. The van der Waals surface area contributed by atoms with Gasteiger partial charge in [-0.3, -0.25) is 4.79 Å². The van der Waals surface area contributed by atoms with Crippen LogP contribution in [-0.2, 0) is 23.0 Å². The van der Waals surface area contributed by atoms with Gasteiger partial charge in [0.25, 0.3) is 0 Å². The maximum Gasteiger partial charge on any atom is 0.306 e. The number of anilines is 1. The Kier molecular flexibility index (Phi) is 6.23. The molecule has 0 aliphatic carbocycles. The third kappa shape index (κ3) is 4.28. The molecule has 0 bridgehead atoms. The average Bonchev–Trinajstić information content (AvgIpc) is 2.84. The molecular weight excluding hydrogens is 302 g/mol. The predicted octanol–water partition coefficient (Wildman–Crippen LogP) is 3.69. The molecule has 24 heavy (non-hydrogen) atoms. The summed E-state index contributed by atoms with van der Waals surface area (Å²) in [6, 6.07) is 6.44. The zero-order valence-electron chi connectivity index (χ0n) is 15.5. The van der Waals surface area contributed by atoms with E-state index in [0.29, 0.717) is 6.42 Å². The molecule has 0 saturated heterocycles. The van der Waals surface area contributed by atoms with Crippen LogP contribution in [0.5, 0.6) is 0 Å². The van der Waals surface area contributed by atoms with Crippen LogP contribution in [0.3, 0.4) is 0 Å². The first-order valence-corrected chi connectivity index (χ1v) is 8.86. The van der Waals surface area contributed by atoms with Gasteiger partial charge in [0.2, 0.25) is 0 Å². The molecule has 5 nitrogen and oxygen atoms in total. The van der Waals surface area contributed by atoms with Crippen LogP contribution in [0.15, 0.2) is 18.2 Å². The van der Waals surface area contributed by atoms with E-state index in [9.17, 15) is 4.79 Å². The summed E-state index contributed by atoms with van der Waals surface area (Å²) in [5.74, 6) is 0.881. The van der Waals surface area contributed by atoms with E-state index in [1.165, 1.54) is 5.69 Å². The van der Waals surface area contributed by atoms with Crippen LogP contribution in [-0.4, -0.2) is 34.7 Å². The highest BCUT2D eigenvalue weighted by atomic mass is 16.5. The smallest absolute Gasteiger partial charge is 0.306 e. The molecule has 1 aromatic carbocycles. The molecule has 0 saturated carbocycles. The summed E-state index contributed by atoms with van der Waals surface area (Å²) in [7, 11) is 2.04. The summed E-state index contributed by atoms with van der Waals surface area (Å²) >= 11 is 0. The topological polar surface area (TPSA) is 47.4 Å². The lowest BCUT2D eigenvalue weighted by atomic mass is 10.2. The predicted molar refractivity (Wildman–Crippen MR) is 98.4 cm³/mol. The highest BCUT2D eigenvalue weighted by Gasteiger charge is 2.11. The van der Waals surface area contributed by atoms with Crippen LogP contribution in [0.1, 0.15) is 46.4 Å². The Labute approximate surface area is 144 Å². The number of benzene rings is 1. The number of hydrogen-bond acceptors (Lipinski definition) is 4. The zero-order valence-corrected chi connectivity index (χ0v) is 15.5. The molecule has 2 rings (SSSR count). The summed E-state index contributed by atoms with van der Waals surface area (Å²) in [6.45, 7) is 10.0. The number of aryl methyl sites for hydroxylation is 2. The van der Waals surface area contributed by atoms with E-state index in [1.54, 1.807) is 0 Å². The molecule has 1 heterocycles. The average molecular weight is 331 g/mol. The number of rotatable bonds is 8. The minimum atomic E-state index is -0.132. The lowest BCUT2D eigenvalue weighted by Gasteiger charge is -2.20. The van der Waals surface area contributed by atoms with Crippen molar-refractivity contribution in [1.82, 2.24) is 9.55 Å². The monoisotopic (exact) mass is 331 g/mol. The third-order valence-corrected chi connectivity index (χ3v) is 4.23. The SMILES string of the molecule is CCN(CC)c1ccc2c(c1)nc(CCCC(=O)OC(C)C)n2C. The maximum atomic E-state index is 11.6. The van der Waals surface area contributed by atoms with E-state index in [2.05, 4.69) is 41.5 Å². The van der Waals surface area contributed by atoms with E-state index in [-0.39, 0.29) is 12.1 Å². The summed E-state index contributed by atoms with van der Waals surface area (Å²) in [6.07, 6.45) is 1.92. The first-order chi connectivity index (χ1) is 11.5. The van der Waals surface area contributed by atoms with Gasteiger partial charge < -0.3 is 14.2 Å². The van der Waals surface area contributed by atoms with Crippen molar-refractivity contribution in [2.75, 3.05) is 18.0 Å². The van der Waals surface area contributed by atoms with Crippen molar-refractivity contribution in [2.24, 2.45) is 7.05 Å². The standard InChI is InChI=1S/C19H29N3O2/c1-6-22(7-2)15-11-12-17-16(13-15)20-18(21(17)5)9-8-10-19(23)24-14(3)4/h11-14H,6-10H2,1-5H3. The third-order valence-electron chi connectivity index (χ3n) is 4.23. The molecule has 5 heteroatoms. The lowest BCUT2D eigenvalue weighted by molar-refractivity contribution is -0.147. The first kappa shape index (κ1) is 18.3. The Morgan fingerprint density at radius 3 is 2.62 bits per heavy atom. The fourth-order valence-electron chi connectivity index (χ4n) is 2.96. The quantitative estimate of drug-likeness (QED) is 0.692. The van der Waals surface area contributed by atoms with Crippen LogP contribution in [0.2, 0.25) is 0 Å². The molecule has 0 N–H and O–H groups in total. The van der Waals surface area contributed by atoms with Crippen LogP contribution in [0, 0.1) is 0 Å². The Bertz CT molecular complexity index is 687. The lowest BCUT2D eigenvalue weighted by Crippen LogP contribution is -2.21. The number of imidazole rings is 1. The van der Waals surface area contributed by atoms with Crippen molar-refractivity contribution in [3.05, 3.63) is 24.0 Å². The molecule has 0 spiro atoms. The molecule has 0 radical (unpaired) electrons.